The monoisotopic (exact) mass is 335 g/mol. The molecule has 2 aromatic rings. The fourth-order valence-electron chi connectivity index (χ4n) is 3.36. The van der Waals surface area contributed by atoms with Gasteiger partial charge in [0.25, 0.3) is 5.56 Å². The Morgan fingerprint density at radius 3 is 3.00 bits per heavy atom. The summed E-state index contributed by atoms with van der Waals surface area (Å²) in [5, 5.41) is 10.4. The van der Waals surface area contributed by atoms with Gasteiger partial charge in [-0.3, -0.25) is 9.69 Å². The van der Waals surface area contributed by atoms with Gasteiger partial charge in [0.15, 0.2) is 0 Å². The molecular weight excluding hydrogens is 310 g/mol. The number of hydrogen-bond acceptors (Lipinski definition) is 5. The molecule has 2 atom stereocenters. The third-order valence-electron chi connectivity index (χ3n) is 4.56. The summed E-state index contributed by atoms with van der Waals surface area (Å²) in [7, 11) is 0. The molecule has 126 valence electrons. The van der Waals surface area contributed by atoms with E-state index in [9.17, 15) is 9.90 Å². The van der Waals surface area contributed by atoms with E-state index in [1.165, 1.54) is 10.4 Å². The first-order chi connectivity index (χ1) is 11.0. The third-order valence-corrected chi connectivity index (χ3v) is 5.71. The van der Waals surface area contributed by atoms with Crippen LogP contribution in [0.5, 0.6) is 0 Å². The molecule has 2 heterocycles. The molecule has 0 bridgehead atoms. The Morgan fingerprint density at radius 1 is 1.52 bits per heavy atom. The predicted molar refractivity (Wildman–Crippen MR) is 94.1 cm³/mol. The van der Waals surface area contributed by atoms with Crippen molar-refractivity contribution in [1.29, 1.82) is 0 Å². The van der Waals surface area contributed by atoms with Crippen LogP contribution in [-0.4, -0.2) is 39.2 Å². The number of aromatic nitrogens is 2. The van der Waals surface area contributed by atoms with Crippen molar-refractivity contribution in [3.05, 3.63) is 26.6 Å². The maximum atomic E-state index is 12.5. The number of hydrogen-bond donors (Lipinski definition) is 2. The molecule has 0 amide bonds. The van der Waals surface area contributed by atoms with Gasteiger partial charge in [-0.05, 0) is 44.2 Å². The number of nitrogens with zero attached hydrogens (tertiary/aromatic N) is 2. The molecule has 0 spiro atoms. The van der Waals surface area contributed by atoms with Crippen molar-refractivity contribution in [1.82, 2.24) is 14.9 Å². The molecule has 1 aliphatic rings. The SMILES string of the molecule is CCN(Cc1nc2sc3c(c2c(=O)[nH]1)CC[C@@H](C)C3)C[C@@H](C)O. The van der Waals surface area contributed by atoms with Gasteiger partial charge >= 0.3 is 0 Å². The van der Waals surface area contributed by atoms with E-state index in [1.54, 1.807) is 18.3 Å². The Kier molecular flexibility index (Phi) is 4.85. The van der Waals surface area contributed by atoms with E-state index in [2.05, 4.69) is 16.8 Å². The largest absolute Gasteiger partial charge is 0.392 e. The molecule has 2 aromatic heterocycles. The molecule has 0 unspecified atom stereocenters. The van der Waals surface area contributed by atoms with Crippen LogP contribution in [0.4, 0.5) is 0 Å². The second-order valence-electron chi connectivity index (χ2n) is 6.72. The molecule has 3 rings (SSSR count). The minimum absolute atomic E-state index is 0.00912. The number of nitrogens with one attached hydrogen (secondary N) is 1. The summed E-state index contributed by atoms with van der Waals surface area (Å²) >= 11 is 1.68. The second kappa shape index (κ2) is 6.71. The van der Waals surface area contributed by atoms with Gasteiger partial charge in [0, 0.05) is 11.4 Å². The number of rotatable bonds is 5. The summed E-state index contributed by atoms with van der Waals surface area (Å²) in [6, 6.07) is 0. The molecule has 23 heavy (non-hydrogen) atoms. The number of aryl methyl sites for hydroxylation is 1. The lowest BCUT2D eigenvalue weighted by Gasteiger charge is -2.21. The summed E-state index contributed by atoms with van der Waals surface area (Å²) in [4.78, 5) is 24.5. The molecule has 5 nitrogen and oxygen atoms in total. The molecule has 0 saturated heterocycles. The predicted octanol–water partition coefficient (Wildman–Crippen LogP) is 2.31. The fraction of sp³-hybridized carbons (Fsp3) is 0.647. The van der Waals surface area contributed by atoms with Gasteiger partial charge in [0.2, 0.25) is 0 Å². The van der Waals surface area contributed by atoms with E-state index in [4.69, 9.17) is 4.98 Å². The van der Waals surface area contributed by atoms with Crippen LogP contribution in [0.1, 0.15) is 43.5 Å². The topological polar surface area (TPSA) is 69.2 Å². The summed E-state index contributed by atoms with van der Waals surface area (Å²) in [5.74, 6) is 1.38. The van der Waals surface area contributed by atoms with Crippen molar-refractivity contribution in [2.24, 2.45) is 5.92 Å². The highest BCUT2D eigenvalue weighted by Crippen LogP contribution is 2.35. The van der Waals surface area contributed by atoms with Crippen LogP contribution in [0.15, 0.2) is 4.79 Å². The smallest absolute Gasteiger partial charge is 0.259 e. The van der Waals surface area contributed by atoms with Gasteiger partial charge in [0.1, 0.15) is 10.7 Å². The van der Waals surface area contributed by atoms with E-state index in [1.807, 2.05) is 6.92 Å². The maximum Gasteiger partial charge on any atom is 0.259 e. The van der Waals surface area contributed by atoms with Crippen molar-refractivity contribution in [2.75, 3.05) is 13.1 Å². The molecular formula is C17H25N3O2S. The highest BCUT2D eigenvalue weighted by Gasteiger charge is 2.23. The van der Waals surface area contributed by atoms with E-state index in [0.29, 0.717) is 24.8 Å². The van der Waals surface area contributed by atoms with Crippen LogP contribution < -0.4 is 5.56 Å². The van der Waals surface area contributed by atoms with Crippen LogP contribution in [0.3, 0.4) is 0 Å². The Morgan fingerprint density at radius 2 is 2.30 bits per heavy atom. The van der Waals surface area contributed by atoms with Gasteiger partial charge in [-0.25, -0.2) is 4.98 Å². The first-order valence-electron chi connectivity index (χ1n) is 8.41. The fourth-order valence-corrected chi connectivity index (χ4v) is 4.76. The van der Waals surface area contributed by atoms with Crippen molar-refractivity contribution in [2.45, 2.75) is 52.7 Å². The van der Waals surface area contributed by atoms with Crippen LogP contribution >= 0.6 is 11.3 Å². The van der Waals surface area contributed by atoms with E-state index in [-0.39, 0.29) is 11.7 Å². The van der Waals surface area contributed by atoms with Crippen LogP contribution in [0.25, 0.3) is 10.2 Å². The van der Waals surface area contributed by atoms with Crippen molar-refractivity contribution in [3.8, 4) is 0 Å². The lowest BCUT2D eigenvalue weighted by atomic mass is 9.89. The second-order valence-corrected chi connectivity index (χ2v) is 7.80. The standard InChI is InChI=1S/C17H25N3O2S/c1-4-20(8-11(3)21)9-14-18-16(22)15-12-6-5-10(2)7-13(12)23-17(15)19-14/h10-11,21H,4-9H2,1-3H3,(H,18,19,22)/t10-,11-/m1/s1. The Hall–Kier alpha value is -1.24. The zero-order valence-corrected chi connectivity index (χ0v) is 14.9. The van der Waals surface area contributed by atoms with E-state index in [0.717, 1.165) is 36.0 Å². The maximum absolute atomic E-state index is 12.5. The zero-order chi connectivity index (χ0) is 16.6. The highest BCUT2D eigenvalue weighted by atomic mass is 32.1. The average molecular weight is 335 g/mol. The number of aromatic amines is 1. The van der Waals surface area contributed by atoms with Gasteiger partial charge in [-0.1, -0.05) is 13.8 Å². The number of thiophene rings is 1. The Labute approximate surface area is 140 Å². The molecule has 6 heteroatoms. The quantitative estimate of drug-likeness (QED) is 0.880. The highest BCUT2D eigenvalue weighted by molar-refractivity contribution is 7.18. The number of likely N-dealkylation sites (N-methyl/N-ethyl adjacent to an activating group) is 1. The molecule has 0 saturated carbocycles. The Bertz CT molecular complexity index is 750. The molecule has 0 aromatic carbocycles. The van der Waals surface area contributed by atoms with E-state index >= 15 is 0 Å². The van der Waals surface area contributed by atoms with Crippen LogP contribution in [0.2, 0.25) is 0 Å². The lowest BCUT2D eigenvalue weighted by Crippen LogP contribution is -2.31. The van der Waals surface area contributed by atoms with Crippen LogP contribution in [0, 0.1) is 5.92 Å². The summed E-state index contributed by atoms with van der Waals surface area (Å²) in [6.07, 6.45) is 2.82. The molecule has 1 aliphatic carbocycles. The third kappa shape index (κ3) is 3.49. The normalized spacial score (nSPS) is 19.3. The summed E-state index contributed by atoms with van der Waals surface area (Å²) < 4.78 is 0. The summed E-state index contributed by atoms with van der Waals surface area (Å²) in [5.41, 5.74) is 1.21. The van der Waals surface area contributed by atoms with Gasteiger partial charge in [-0.2, -0.15) is 0 Å². The zero-order valence-electron chi connectivity index (χ0n) is 14.1. The minimum atomic E-state index is -0.388. The van der Waals surface area contributed by atoms with Crippen molar-refractivity contribution >= 4 is 21.6 Å². The molecule has 0 fully saturated rings. The molecule has 0 aliphatic heterocycles. The van der Waals surface area contributed by atoms with Crippen molar-refractivity contribution < 1.29 is 5.11 Å². The first-order valence-corrected chi connectivity index (χ1v) is 9.23. The number of aliphatic hydroxyl groups is 1. The minimum Gasteiger partial charge on any atom is -0.392 e. The van der Waals surface area contributed by atoms with Crippen LogP contribution in [-0.2, 0) is 19.4 Å². The van der Waals surface area contributed by atoms with Gasteiger partial charge < -0.3 is 10.1 Å². The first kappa shape index (κ1) is 16.6. The lowest BCUT2D eigenvalue weighted by molar-refractivity contribution is 0.124. The Balaban J connectivity index is 1.94. The van der Waals surface area contributed by atoms with E-state index < -0.39 is 0 Å². The van der Waals surface area contributed by atoms with Gasteiger partial charge in [-0.15, -0.1) is 11.3 Å². The number of aliphatic hydroxyl groups excluding tert-OH is 1. The summed E-state index contributed by atoms with van der Waals surface area (Å²) in [6.45, 7) is 8.04. The number of fused-ring (bicyclic) bond motifs is 3. The number of H-pyrrole nitrogens is 1. The molecule has 0 radical (unpaired) electrons. The van der Waals surface area contributed by atoms with Gasteiger partial charge in [0.05, 0.1) is 18.0 Å². The molecule has 2 N–H and O–H groups in total. The van der Waals surface area contributed by atoms with Crippen molar-refractivity contribution in [3.63, 3.8) is 0 Å². The average Bonchev–Trinajstić information content (AvgIpc) is 2.83.